The first kappa shape index (κ1) is 12.5. The molecule has 0 aromatic carbocycles. The van der Waals surface area contributed by atoms with Crippen LogP contribution in [0.1, 0.15) is 33.1 Å². The van der Waals surface area contributed by atoms with E-state index in [9.17, 15) is 4.79 Å². The van der Waals surface area contributed by atoms with Crippen LogP contribution in [0.2, 0.25) is 0 Å². The van der Waals surface area contributed by atoms with Crippen molar-refractivity contribution in [2.75, 3.05) is 13.6 Å². The first-order valence-corrected chi connectivity index (χ1v) is 5.84. The number of hydrogen-bond donors (Lipinski definition) is 3. The van der Waals surface area contributed by atoms with Gasteiger partial charge in [-0.3, -0.25) is 4.79 Å². The number of hydrogen-bond acceptors (Lipinski definition) is 3. The zero-order valence-corrected chi connectivity index (χ0v) is 9.97. The highest BCUT2D eigenvalue weighted by atomic mass is 16.2. The molecule has 0 saturated carbocycles. The monoisotopic (exact) mass is 213 g/mol. The van der Waals surface area contributed by atoms with Crippen LogP contribution in [0.25, 0.3) is 0 Å². The number of nitrogens with one attached hydrogen (secondary N) is 3. The van der Waals surface area contributed by atoms with E-state index in [-0.39, 0.29) is 11.9 Å². The predicted molar refractivity (Wildman–Crippen MR) is 61.8 cm³/mol. The van der Waals surface area contributed by atoms with Gasteiger partial charge in [0, 0.05) is 19.1 Å². The zero-order chi connectivity index (χ0) is 11.3. The van der Waals surface area contributed by atoms with Gasteiger partial charge in [-0.2, -0.15) is 0 Å². The predicted octanol–water partition coefficient (Wildman–Crippen LogP) is 0.241. The van der Waals surface area contributed by atoms with Gasteiger partial charge in [-0.05, 0) is 39.7 Å². The van der Waals surface area contributed by atoms with Crippen LogP contribution >= 0.6 is 0 Å². The molecule has 1 amide bonds. The van der Waals surface area contributed by atoms with Gasteiger partial charge in [0.15, 0.2) is 0 Å². The molecule has 3 atom stereocenters. The van der Waals surface area contributed by atoms with Crippen LogP contribution in [0.4, 0.5) is 0 Å². The fourth-order valence-electron chi connectivity index (χ4n) is 2.17. The summed E-state index contributed by atoms with van der Waals surface area (Å²) < 4.78 is 0. The van der Waals surface area contributed by atoms with Crippen molar-refractivity contribution in [1.29, 1.82) is 0 Å². The van der Waals surface area contributed by atoms with Crippen LogP contribution in [-0.4, -0.2) is 37.6 Å². The highest BCUT2D eigenvalue weighted by molar-refractivity contribution is 5.80. The second-order valence-electron chi connectivity index (χ2n) is 4.43. The van der Waals surface area contributed by atoms with Crippen molar-refractivity contribution >= 4 is 5.91 Å². The lowest BCUT2D eigenvalue weighted by atomic mass is 10.1. The average molecular weight is 213 g/mol. The fraction of sp³-hybridized carbons (Fsp3) is 0.909. The summed E-state index contributed by atoms with van der Waals surface area (Å²) in [6, 6.07) is 0.906. The third-order valence-electron chi connectivity index (χ3n) is 2.97. The molecule has 3 N–H and O–H groups in total. The molecule has 0 bridgehead atoms. The molecule has 88 valence electrons. The molecule has 1 heterocycles. The van der Waals surface area contributed by atoms with Crippen molar-refractivity contribution in [2.45, 2.75) is 51.2 Å². The number of amides is 1. The Morgan fingerprint density at radius 3 is 2.80 bits per heavy atom. The lowest BCUT2D eigenvalue weighted by Crippen LogP contribution is -2.46. The van der Waals surface area contributed by atoms with Crippen LogP contribution in [0, 0.1) is 0 Å². The van der Waals surface area contributed by atoms with Gasteiger partial charge in [-0.25, -0.2) is 0 Å². The van der Waals surface area contributed by atoms with Crippen LogP contribution in [-0.2, 0) is 4.79 Å². The van der Waals surface area contributed by atoms with Crippen molar-refractivity contribution < 1.29 is 4.79 Å². The van der Waals surface area contributed by atoms with E-state index < -0.39 is 0 Å². The molecule has 0 radical (unpaired) electrons. The third kappa shape index (κ3) is 4.18. The minimum atomic E-state index is -0.105. The number of carbonyl (C=O) groups is 1. The van der Waals surface area contributed by atoms with E-state index in [0.29, 0.717) is 12.1 Å². The largest absolute Gasteiger partial charge is 0.358 e. The second-order valence-corrected chi connectivity index (χ2v) is 4.43. The van der Waals surface area contributed by atoms with E-state index in [1.807, 2.05) is 6.92 Å². The van der Waals surface area contributed by atoms with Gasteiger partial charge in [0.25, 0.3) is 0 Å². The van der Waals surface area contributed by atoms with Gasteiger partial charge in [0.05, 0.1) is 6.04 Å². The van der Waals surface area contributed by atoms with Crippen LogP contribution < -0.4 is 16.0 Å². The quantitative estimate of drug-likeness (QED) is 0.613. The van der Waals surface area contributed by atoms with Gasteiger partial charge in [-0.15, -0.1) is 0 Å². The van der Waals surface area contributed by atoms with Gasteiger partial charge in [0.1, 0.15) is 0 Å². The Balaban J connectivity index is 2.22. The Labute approximate surface area is 92.2 Å². The minimum absolute atomic E-state index is 0.0567. The Kier molecular flexibility index (Phi) is 5.05. The van der Waals surface area contributed by atoms with Crippen molar-refractivity contribution in [2.24, 2.45) is 0 Å². The van der Waals surface area contributed by atoms with E-state index in [2.05, 4.69) is 22.9 Å². The zero-order valence-electron chi connectivity index (χ0n) is 9.97. The van der Waals surface area contributed by atoms with Gasteiger partial charge >= 0.3 is 0 Å². The molecular formula is C11H23N3O. The summed E-state index contributed by atoms with van der Waals surface area (Å²) in [6.45, 7) is 5.18. The van der Waals surface area contributed by atoms with E-state index in [4.69, 9.17) is 0 Å². The summed E-state index contributed by atoms with van der Waals surface area (Å²) in [5, 5.41) is 9.42. The van der Waals surface area contributed by atoms with Crippen LogP contribution in [0.15, 0.2) is 0 Å². The molecule has 0 spiro atoms. The average Bonchev–Trinajstić information content (AvgIpc) is 2.68. The Hall–Kier alpha value is -0.610. The molecule has 0 aliphatic carbocycles. The van der Waals surface area contributed by atoms with Gasteiger partial charge < -0.3 is 16.0 Å². The standard InChI is InChI=1S/C11H23N3O/c1-8(7-10-5-4-6-13-10)14-9(2)11(15)12-3/h8-10,13-14H,4-7H2,1-3H3,(H,12,15). The molecule has 15 heavy (non-hydrogen) atoms. The lowest BCUT2D eigenvalue weighted by molar-refractivity contribution is -0.122. The molecule has 0 aromatic rings. The highest BCUT2D eigenvalue weighted by Gasteiger charge is 2.19. The van der Waals surface area contributed by atoms with Crippen LogP contribution in [0.3, 0.4) is 0 Å². The van der Waals surface area contributed by atoms with Crippen molar-refractivity contribution in [1.82, 2.24) is 16.0 Å². The maximum Gasteiger partial charge on any atom is 0.236 e. The summed E-state index contributed by atoms with van der Waals surface area (Å²) in [5.41, 5.74) is 0. The topological polar surface area (TPSA) is 53.2 Å². The van der Waals surface area contributed by atoms with Crippen molar-refractivity contribution in [3.63, 3.8) is 0 Å². The number of rotatable bonds is 5. The van der Waals surface area contributed by atoms with E-state index in [0.717, 1.165) is 13.0 Å². The molecular weight excluding hydrogens is 190 g/mol. The van der Waals surface area contributed by atoms with Gasteiger partial charge in [-0.1, -0.05) is 0 Å². The third-order valence-corrected chi connectivity index (χ3v) is 2.97. The van der Waals surface area contributed by atoms with E-state index in [1.165, 1.54) is 12.8 Å². The summed E-state index contributed by atoms with van der Waals surface area (Å²) >= 11 is 0. The highest BCUT2D eigenvalue weighted by Crippen LogP contribution is 2.10. The fourth-order valence-corrected chi connectivity index (χ4v) is 2.17. The minimum Gasteiger partial charge on any atom is -0.358 e. The normalized spacial score (nSPS) is 24.9. The number of carbonyl (C=O) groups excluding carboxylic acids is 1. The van der Waals surface area contributed by atoms with Crippen molar-refractivity contribution in [3.8, 4) is 0 Å². The maximum atomic E-state index is 11.3. The first-order valence-electron chi connectivity index (χ1n) is 5.84. The molecule has 1 fully saturated rings. The summed E-state index contributed by atoms with van der Waals surface area (Å²) in [5.74, 6) is 0.0567. The summed E-state index contributed by atoms with van der Waals surface area (Å²) in [4.78, 5) is 11.3. The van der Waals surface area contributed by atoms with Crippen LogP contribution in [0.5, 0.6) is 0 Å². The second kappa shape index (κ2) is 6.08. The van der Waals surface area contributed by atoms with Gasteiger partial charge in [0.2, 0.25) is 5.91 Å². The lowest BCUT2D eigenvalue weighted by Gasteiger charge is -2.21. The molecule has 1 aliphatic heterocycles. The maximum absolute atomic E-state index is 11.3. The molecule has 4 heteroatoms. The van der Waals surface area contributed by atoms with E-state index >= 15 is 0 Å². The van der Waals surface area contributed by atoms with Crippen molar-refractivity contribution in [3.05, 3.63) is 0 Å². The Morgan fingerprint density at radius 1 is 1.53 bits per heavy atom. The first-order chi connectivity index (χ1) is 7.13. The smallest absolute Gasteiger partial charge is 0.236 e. The summed E-state index contributed by atoms with van der Waals surface area (Å²) in [7, 11) is 1.67. The molecule has 0 aromatic heterocycles. The Morgan fingerprint density at radius 2 is 2.27 bits per heavy atom. The molecule has 4 nitrogen and oxygen atoms in total. The number of likely N-dealkylation sites (N-methyl/N-ethyl adjacent to an activating group) is 1. The molecule has 1 rings (SSSR count). The van der Waals surface area contributed by atoms with E-state index in [1.54, 1.807) is 7.05 Å². The summed E-state index contributed by atoms with van der Waals surface area (Å²) in [6.07, 6.45) is 3.64. The Bertz CT molecular complexity index is 202. The molecule has 1 aliphatic rings. The SMILES string of the molecule is CNC(=O)C(C)NC(C)CC1CCCN1. The molecule has 1 saturated heterocycles. The molecule has 3 unspecified atom stereocenters.